The van der Waals surface area contributed by atoms with Crippen molar-refractivity contribution in [3.8, 4) is 0 Å². The Labute approximate surface area is 168 Å². The molecular weight excluding hydrogens is 372 g/mol. The molecule has 2 aromatic rings. The van der Waals surface area contributed by atoms with Crippen molar-refractivity contribution in [2.24, 2.45) is 0 Å². The van der Waals surface area contributed by atoms with Gasteiger partial charge < -0.3 is 5.32 Å². The van der Waals surface area contributed by atoms with Crippen molar-refractivity contribution in [1.82, 2.24) is 0 Å². The fourth-order valence-corrected chi connectivity index (χ4v) is 4.24. The number of hydrogen-bond acceptors (Lipinski definition) is 3. The van der Waals surface area contributed by atoms with Crippen LogP contribution in [0.1, 0.15) is 49.3 Å². The van der Waals surface area contributed by atoms with E-state index in [0.29, 0.717) is 18.0 Å². The number of nitrogens with zero attached hydrogens (tertiary/aromatic N) is 1. The van der Waals surface area contributed by atoms with Crippen LogP contribution in [0.5, 0.6) is 0 Å². The maximum atomic E-state index is 12.4. The molecule has 0 saturated carbocycles. The SMILES string of the molecule is Cc1cc(C)cc(N(CCCC(=O)Nc2ccccc2C(C)C)S(C)(=O)=O)c1. The molecule has 0 fully saturated rings. The Morgan fingerprint density at radius 1 is 1.07 bits per heavy atom. The van der Waals surface area contributed by atoms with E-state index >= 15 is 0 Å². The van der Waals surface area contributed by atoms with Crippen LogP contribution in [0.4, 0.5) is 11.4 Å². The fraction of sp³-hybridized carbons (Fsp3) is 0.409. The Balaban J connectivity index is 2.04. The molecule has 0 aliphatic rings. The van der Waals surface area contributed by atoms with Gasteiger partial charge >= 0.3 is 0 Å². The van der Waals surface area contributed by atoms with Gasteiger partial charge in [0.25, 0.3) is 0 Å². The molecule has 0 radical (unpaired) electrons. The van der Waals surface area contributed by atoms with Crippen LogP contribution in [0.2, 0.25) is 0 Å². The van der Waals surface area contributed by atoms with E-state index in [4.69, 9.17) is 0 Å². The molecular formula is C22H30N2O3S. The first-order valence-electron chi connectivity index (χ1n) is 9.52. The fourth-order valence-electron chi connectivity index (χ4n) is 3.29. The van der Waals surface area contributed by atoms with Crippen LogP contribution in [-0.2, 0) is 14.8 Å². The molecule has 28 heavy (non-hydrogen) atoms. The zero-order chi connectivity index (χ0) is 20.9. The Morgan fingerprint density at radius 3 is 2.25 bits per heavy atom. The highest BCUT2D eigenvalue weighted by Crippen LogP contribution is 2.24. The number of benzene rings is 2. The van der Waals surface area contributed by atoms with Gasteiger partial charge in [0, 0.05) is 18.7 Å². The van der Waals surface area contributed by atoms with Crippen molar-refractivity contribution in [3.63, 3.8) is 0 Å². The van der Waals surface area contributed by atoms with E-state index in [9.17, 15) is 13.2 Å². The number of aryl methyl sites for hydroxylation is 2. The zero-order valence-corrected chi connectivity index (χ0v) is 18.1. The third-order valence-electron chi connectivity index (χ3n) is 4.52. The number of hydrogen-bond donors (Lipinski definition) is 1. The van der Waals surface area contributed by atoms with Gasteiger partial charge in [0.15, 0.2) is 0 Å². The minimum absolute atomic E-state index is 0.109. The summed E-state index contributed by atoms with van der Waals surface area (Å²) in [4.78, 5) is 12.4. The summed E-state index contributed by atoms with van der Waals surface area (Å²) in [6.07, 6.45) is 1.89. The standard InChI is InChI=1S/C22H30N2O3S/c1-16(2)20-9-6-7-10-21(20)23-22(25)11-8-12-24(28(5,26)27)19-14-17(3)13-18(4)15-19/h6-7,9-10,13-16H,8,11-12H2,1-5H3,(H,23,25). The molecule has 5 nitrogen and oxygen atoms in total. The lowest BCUT2D eigenvalue weighted by Gasteiger charge is -2.23. The summed E-state index contributed by atoms with van der Waals surface area (Å²) >= 11 is 0. The minimum atomic E-state index is -3.42. The number of amides is 1. The molecule has 1 amide bonds. The van der Waals surface area contributed by atoms with Crippen LogP contribution in [0.3, 0.4) is 0 Å². The monoisotopic (exact) mass is 402 g/mol. The van der Waals surface area contributed by atoms with Gasteiger partial charge in [0.2, 0.25) is 15.9 Å². The lowest BCUT2D eigenvalue weighted by atomic mass is 10.0. The second-order valence-electron chi connectivity index (χ2n) is 7.57. The molecule has 0 aliphatic heterocycles. The summed E-state index contributed by atoms with van der Waals surface area (Å²) in [5, 5.41) is 2.96. The van der Waals surface area contributed by atoms with Crippen molar-refractivity contribution in [3.05, 3.63) is 59.2 Å². The van der Waals surface area contributed by atoms with E-state index in [2.05, 4.69) is 19.2 Å². The second kappa shape index (κ2) is 9.24. The van der Waals surface area contributed by atoms with Crippen LogP contribution in [-0.4, -0.2) is 27.1 Å². The maximum Gasteiger partial charge on any atom is 0.232 e. The van der Waals surface area contributed by atoms with Gasteiger partial charge in [-0.2, -0.15) is 0 Å². The van der Waals surface area contributed by atoms with Crippen LogP contribution in [0.25, 0.3) is 0 Å². The van der Waals surface area contributed by atoms with Crippen LogP contribution >= 0.6 is 0 Å². The van der Waals surface area contributed by atoms with Crippen molar-refractivity contribution < 1.29 is 13.2 Å². The van der Waals surface area contributed by atoms with Gasteiger partial charge in [0.1, 0.15) is 0 Å². The molecule has 2 rings (SSSR count). The molecule has 152 valence electrons. The van der Waals surface area contributed by atoms with E-state index in [-0.39, 0.29) is 18.9 Å². The molecule has 2 aromatic carbocycles. The highest BCUT2D eigenvalue weighted by molar-refractivity contribution is 7.92. The number of carbonyl (C=O) groups excluding carboxylic acids is 1. The lowest BCUT2D eigenvalue weighted by Crippen LogP contribution is -2.31. The smallest absolute Gasteiger partial charge is 0.232 e. The number of sulfonamides is 1. The van der Waals surface area contributed by atoms with E-state index < -0.39 is 10.0 Å². The topological polar surface area (TPSA) is 66.5 Å². The first-order valence-corrected chi connectivity index (χ1v) is 11.4. The maximum absolute atomic E-state index is 12.4. The molecule has 1 N–H and O–H groups in total. The minimum Gasteiger partial charge on any atom is -0.326 e. The van der Waals surface area contributed by atoms with Crippen molar-refractivity contribution >= 4 is 27.3 Å². The molecule has 0 aliphatic carbocycles. The van der Waals surface area contributed by atoms with Gasteiger partial charge in [-0.05, 0) is 61.1 Å². The van der Waals surface area contributed by atoms with Gasteiger partial charge in [0.05, 0.1) is 11.9 Å². The average molecular weight is 403 g/mol. The Bertz CT molecular complexity index is 916. The molecule has 0 heterocycles. The quantitative estimate of drug-likeness (QED) is 0.701. The number of para-hydroxylation sites is 1. The summed E-state index contributed by atoms with van der Waals surface area (Å²) in [6.45, 7) is 8.31. The lowest BCUT2D eigenvalue weighted by molar-refractivity contribution is -0.116. The van der Waals surface area contributed by atoms with Crippen molar-refractivity contribution in [1.29, 1.82) is 0 Å². The van der Waals surface area contributed by atoms with Crippen molar-refractivity contribution in [2.75, 3.05) is 22.4 Å². The molecule has 6 heteroatoms. The Kier molecular flexibility index (Phi) is 7.24. The van der Waals surface area contributed by atoms with Crippen LogP contribution in [0, 0.1) is 13.8 Å². The van der Waals surface area contributed by atoms with Gasteiger partial charge in [-0.3, -0.25) is 9.10 Å². The van der Waals surface area contributed by atoms with Gasteiger partial charge in [-0.1, -0.05) is 38.1 Å². The predicted molar refractivity (Wildman–Crippen MR) is 117 cm³/mol. The third-order valence-corrected chi connectivity index (χ3v) is 5.71. The van der Waals surface area contributed by atoms with Crippen LogP contribution < -0.4 is 9.62 Å². The van der Waals surface area contributed by atoms with E-state index in [1.807, 2.05) is 56.3 Å². The summed E-state index contributed by atoms with van der Waals surface area (Å²) in [6, 6.07) is 13.5. The second-order valence-corrected chi connectivity index (χ2v) is 9.48. The highest BCUT2D eigenvalue weighted by atomic mass is 32.2. The summed E-state index contributed by atoms with van der Waals surface area (Å²) < 4.78 is 25.9. The van der Waals surface area contributed by atoms with Crippen LogP contribution in [0.15, 0.2) is 42.5 Å². The zero-order valence-electron chi connectivity index (χ0n) is 17.3. The Hall–Kier alpha value is -2.34. The summed E-state index contributed by atoms with van der Waals surface area (Å²) in [5.74, 6) is 0.198. The third kappa shape index (κ3) is 6.09. The molecule has 0 spiro atoms. The molecule has 0 aromatic heterocycles. The van der Waals surface area contributed by atoms with E-state index in [0.717, 1.165) is 22.4 Å². The average Bonchev–Trinajstić information content (AvgIpc) is 2.57. The predicted octanol–water partition coefficient (Wildman–Crippen LogP) is 4.61. The number of carbonyl (C=O) groups is 1. The number of rotatable bonds is 8. The molecule has 0 bridgehead atoms. The first kappa shape index (κ1) is 22.0. The van der Waals surface area contributed by atoms with Crippen molar-refractivity contribution in [2.45, 2.75) is 46.5 Å². The highest BCUT2D eigenvalue weighted by Gasteiger charge is 2.18. The molecule has 0 atom stereocenters. The number of nitrogens with one attached hydrogen (secondary N) is 1. The molecule has 0 unspecified atom stereocenters. The van der Waals surface area contributed by atoms with Gasteiger partial charge in [-0.15, -0.1) is 0 Å². The first-order chi connectivity index (χ1) is 13.1. The molecule has 0 saturated heterocycles. The van der Waals surface area contributed by atoms with E-state index in [1.54, 1.807) is 0 Å². The number of anilines is 2. The Morgan fingerprint density at radius 2 is 1.68 bits per heavy atom. The van der Waals surface area contributed by atoms with E-state index in [1.165, 1.54) is 10.6 Å². The normalized spacial score (nSPS) is 11.5. The summed E-state index contributed by atoms with van der Waals surface area (Å²) in [5.41, 5.74) is 4.56. The largest absolute Gasteiger partial charge is 0.326 e. The summed E-state index contributed by atoms with van der Waals surface area (Å²) in [7, 11) is -3.42. The van der Waals surface area contributed by atoms with Gasteiger partial charge in [-0.25, -0.2) is 8.42 Å².